The molecule has 0 aliphatic rings. The van der Waals surface area contributed by atoms with Gasteiger partial charge in [-0.1, -0.05) is 12.1 Å². The smallest absolute Gasteiger partial charge is 0.256 e. The lowest BCUT2D eigenvalue weighted by atomic mass is 10.1. The van der Waals surface area contributed by atoms with Crippen molar-refractivity contribution in [2.45, 2.75) is 4.90 Å². The van der Waals surface area contributed by atoms with Crippen LogP contribution in [0.15, 0.2) is 59.6 Å². The molecule has 0 saturated heterocycles. The lowest BCUT2D eigenvalue weighted by Gasteiger charge is -2.05. The maximum Gasteiger partial charge on any atom is 0.261 e. The van der Waals surface area contributed by atoms with Gasteiger partial charge < -0.3 is 0 Å². The van der Waals surface area contributed by atoms with E-state index in [1.807, 2.05) is 0 Å². The van der Waals surface area contributed by atoms with Crippen LogP contribution in [0, 0.1) is 5.82 Å². The predicted octanol–water partition coefficient (Wildman–Crippen LogP) is 3.97. The number of fused-ring (bicyclic) bond motifs is 1. The molecule has 3 aromatic rings. The van der Waals surface area contributed by atoms with Gasteiger partial charge in [0.2, 0.25) is 0 Å². The minimum Gasteiger partial charge on any atom is -0.256 e. The molecule has 21 heavy (non-hydrogen) atoms. The Kier molecular flexibility index (Phi) is 3.39. The molecule has 3 nitrogen and oxygen atoms in total. The molecule has 6 heteroatoms. The number of nitrogens with zero attached hydrogens (tertiary/aromatic N) is 1. The summed E-state index contributed by atoms with van der Waals surface area (Å²) in [6.45, 7) is 0. The number of rotatable bonds is 2. The quantitative estimate of drug-likeness (QED) is 0.671. The predicted molar refractivity (Wildman–Crippen MR) is 80.2 cm³/mol. The maximum absolute atomic E-state index is 13.3. The summed E-state index contributed by atoms with van der Waals surface area (Å²) >= 11 is 0. The van der Waals surface area contributed by atoms with Crippen molar-refractivity contribution in [3.05, 3.63) is 60.5 Å². The topological polar surface area (TPSA) is 47.0 Å². The van der Waals surface area contributed by atoms with E-state index in [4.69, 9.17) is 10.7 Å². The first-order valence-corrected chi connectivity index (χ1v) is 8.35. The highest BCUT2D eigenvalue weighted by atomic mass is 35.7. The van der Waals surface area contributed by atoms with Gasteiger partial charge >= 0.3 is 0 Å². The Hall–Kier alpha value is -1.98. The molecule has 106 valence electrons. The van der Waals surface area contributed by atoms with E-state index in [2.05, 4.69) is 4.98 Å². The van der Waals surface area contributed by atoms with Crippen LogP contribution in [0.2, 0.25) is 0 Å². The molecule has 2 aromatic carbocycles. The molecule has 0 unspecified atom stereocenters. The van der Waals surface area contributed by atoms with Crippen molar-refractivity contribution in [1.29, 1.82) is 0 Å². The second-order valence-corrected chi connectivity index (χ2v) is 7.09. The number of aromatic nitrogens is 1. The van der Waals surface area contributed by atoms with Gasteiger partial charge in [-0.2, -0.15) is 0 Å². The Morgan fingerprint density at radius 2 is 1.81 bits per heavy atom. The zero-order valence-electron chi connectivity index (χ0n) is 10.6. The monoisotopic (exact) mass is 321 g/mol. The van der Waals surface area contributed by atoms with Crippen LogP contribution in [0.1, 0.15) is 0 Å². The Labute approximate surface area is 125 Å². The standard InChI is InChI=1S/C15H9ClFNO2S/c16-21(19,20)14-4-5-15-11(8-14)6-12(9-18-15)10-2-1-3-13(17)7-10/h1-9H. The van der Waals surface area contributed by atoms with Crippen molar-refractivity contribution in [3.63, 3.8) is 0 Å². The molecule has 0 fully saturated rings. The summed E-state index contributed by atoms with van der Waals surface area (Å²) in [7, 11) is 1.54. The minimum absolute atomic E-state index is 0.00913. The van der Waals surface area contributed by atoms with E-state index in [1.165, 1.54) is 24.3 Å². The fraction of sp³-hybridized carbons (Fsp3) is 0. The fourth-order valence-corrected chi connectivity index (χ4v) is 2.87. The lowest BCUT2D eigenvalue weighted by Crippen LogP contribution is -1.91. The summed E-state index contributed by atoms with van der Waals surface area (Å²) in [6, 6.07) is 12.3. The van der Waals surface area contributed by atoms with Gasteiger partial charge in [-0.25, -0.2) is 12.8 Å². The minimum atomic E-state index is -3.79. The highest BCUT2D eigenvalue weighted by Gasteiger charge is 2.11. The zero-order valence-corrected chi connectivity index (χ0v) is 12.2. The molecule has 0 aliphatic heterocycles. The van der Waals surface area contributed by atoms with Gasteiger partial charge in [-0.15, -0.1) is 0 Å². The lowest BCUT2D eigenvalue weighted by molar-refractivity contribution is 0.609. The van der Waals surface area contributed by atoms with Crippen LogP contribution in [0.3, 0.4) is 0 Å². The Balaban J connectivity index is 2.19. The van der Waals surface area contributed by atoms with Gasteiger partial charge in [0.05, 0.1) is 10.4 Å². The molecule has 0 N–H and O–H groups in total. The van der Waals surface area contributed by atoms with Crippen LogP contribution in [0.4, 0.5) is 4.39 Å². The first-order chi connectivity index (χ1) is 9.93. The number of benzene rings is 2. The number of hydrogen-bond acceptors (Lipinski definition) is 3. The van der Waals surface area contributed by atoms with Crippen molar-refractivity contribution < 1.29 is 12.8 Å². The van der Waals surface area contributed by atoms with Crippen LogP contribution >= 0.6 is 10.7 Å². The maximum atomic E-state index is 13.3. The van der Waals surface area contributed by atoms with E-state index < -0.39 is 9.05 Å². The van der Waals surface area contributed by atoms with Crippen LogP contribution in [-0.4, -0.2) is 13.4 Å². The molecule has 3 rings (SSSR count). The average molecular weight is 322 g/mol. The largest absolute Gasteiger partial charge is 0.261 e. The third-order valence-electron chi connectivity index (χ3n) is 3.09. The van der Waals surface area contributed by atoms with Crippen molar-refractivity contribution >= 4 is 30.6 Å². The SMILES string of the molecule is O=S(=O)(Cl)c1ccc2ncc(-c3cccc(F)c3)cc2c1. The molecule has 0 bridgehead atoms. The van der Waals surface area contributed by atoms with Gasteiger partial charge in [0.25, 0.3) is 9.05 Å². The molecule has 0 radical (unpaired) electrons. The molecule has 0 saturated carbocycles. The van der Waals surface area contributed by atoms with Crippen LogP contribution < -0.4 is 0 Å². The molecule has 1 aromatic heterocycles. The fourth-order valence-electron chi connectivity index (χ4n) is 2.09. The first-order valence-electron chi connectivity index (χ1n) is 6.04. The Morgan fingerprint density at radius 1 is 1.00 bits per heavy atom. The van der Waals surface area contributed by atoms with Crippen molar-refractivity contribution in [2.24, 2.45) is 0 Å². The van der Waals surface area contributed by atoms with Gasteiger partial charge in [-0.3, -0.25) is 4.98 Å². The van der Waals surface area contributed by atoms with Crippen LogP contribution in [0.25, 0.3) is 22.0 Å². The summed E-state index contributed by atoms with van der Waals surface area (Å²) < 4.78 is 36.0. The van der Waals surface area contributed by atoms with Gasteiger partial charge in [0, 0.05) is 27.8 Å². The summed E-state index contributed by atoms with van der Waals surface area (Å²) in [5.41, 5.74) is 2.01. The molecule has 0 aliphatic carbocycles. The van der Waals surface area contributed by atoms with Gasteiger partial charge in [0.1, 0.15) is 5.82 Å². The Morgan fingerprint density at radius 3 is 2.52 bits per heavy atom. The van der Waals surface area contributed by atoms with E-state index in [0.717, 1.165) is 0 Å². The van der Waals surface area contributed by atoms with Crippen molar-refractivity contribution in [1.82, 2.24) is 4.98 Å². The molecule has 1 heterocycles. The summed E-state index contributed by atoms with van der Waals surface area (Å²) in [5, 5.41) is 0.624. The van der Waals surface area contributed by atoms with E-state index >= 15 is 0 Å². The van der Waals surface area contributed by atoms with E-state index in [-0.39, 0.29) is 10.7 Å². The average Bonchev–Trinajstić information content (AvgIpc) is 2.45. The number of halogens is 2. The molecular weight excluding hydrogens is 313 g/mol. The number of pyridine rings is 1. The summed E-state index contributed by atoms with van der Waals surface area (Å²) in [4.78, 5) is 4.26. The molecule has 0 amide bonds. The van der Waals surface area contributed by atoms with Crippen LogP contribution in [-0.2, 0) is 9.05 Å². The third kappa shape index (κ3) is 2.89. The highest BCUT2D eigenvalue weighted by Crippen LogP contribution is 2.26. The highest BCUT2D eigenvalue weighted by molar-refractivity contribution is 8.13. The second-order valence-electron chi connectivity index (χ2n) is 4.53. The molecule has 0 spiro atoms. The first kappa shape index (κ1) is 14.0. The van der Waals surface area contributed by atoms with Gasteiger partial charge in [0.15, 0.2) is 0 Å². The second kappa shape index (κ2) is 5.09. The van der Waals surface area contributed by atoms with E-state index in [0.29, 0.717) is 22.0 Å². The Bertz CT molecular complexity index is 941. The van der Waals surface area contributed by atoms with Crippen molar-refractivity contribution in [3.8, 4) is 11.1 Å². The van der Waals surface area contributed by atoms with Gasteiger partial charge in [-0.05, 0) is 42.0 Å². The van der Waals surface area contributed by atoms with Crippen LogP contribution in [0.5, 0.6) is 0 Å². The normalized spacial score (nSPS) is 11.7. The third-order valence-corrected chi connectivity index (χ3v) is 4.44. The molecular formula is C15H9ClFNO2S. The molecule has 0 atom stereocenters. The zero-order chi connectivity index (χ0) is 15.0. The number of hydrogen-bond donors (Lipinski definition) is 0. The van der Waals surface area contributed by atoms with Crippen molar-refractivity contribution in [2.75, 3.05) is 0 Å². The summed E-state index contributed by atoms with van der Waals surface area (Å²) in [5.74, 6) is -0.343. The van der Waals surface area contributed by atoms with E-state index in [9.17, 15) is 12.8 Å². The van der Waals surface area contributed by atoms with E-state index in [1.54, 1.807) is 30.5 Å². The summed E-state index contributed by atoms with van der Waals surface area (Å²) in [6.07, 6.45) is 1.62.